The molecular formula is C14H21N2O2-. The van der Waals surface area contributed by atoms with Gasteiger partial charge in [-0.2, -0.15) is 0 Å². The van der Waals surface area contributed by atoms with Crippen molar-refractivity contribution in [2.75, 3.05) is 12.3 Å². The second-order valence-corrected chi connectivity index (χ2v) is 5.44. The first-order chi connectivity index (χ1) is 8.30. The zero-order valence-corrected chi connectivity index (χ0v) is 11.3. The highest BCUT2D eigenvalue weighted by atomic mass is 16.4. The smallest absolute Gasteiger partial charge is 0.137 e. The van der Waals surface area contributed by atoms with Gasteiger partial charge in [0.1, 0.15) is 6.09 Å². The lowest BCUT2D eigenvalue weighted by Crippen LogP contribution is -2.52. The number of carbonyl (C=O) groups excluding carboxylic acids is 1. The molecule has 0 aliphatic rings. The number of carboxylic acid groups (broad SMARTS) is 1. The predicted molar refractivity (Wildman–Crippen MR) is 71.0 cm³/mol. The van der Waals surface area contributed by atoms with E-state index in [0.717, 1.165) is 24.1 Å². The highest BCUT2D eigenvalue weighted by molar-refractivity contribution is 5.63. The zero-order chi connectivity index (χ0) is 13.8. The SMILES string of the molecule is CC(C)(C)N(CCCc1cccc(N)c1)C(=O)[O-]. The third kappa shape index (κ3) is 4.28. The average molecular weight is 249 g/mol. The Morgan fingerprint density at radius 3 is 2.56 bits per heavy atom. The summed E-state index contributed by atoms with van der Waals surface area (Å²) in [5.41, 5.74) is 7.13. The predicted octanol–water partition coefficient (Wildman–Crippen LogP) is 1.65. The topological polar surface area (TPSA) is 69.4 Å². The van der Waals surface area contributed by atoms with Crippen molar-refractivity contribution in [3.63, 3.8) is 0 Å². The van der Waals surface area contributed by atoms with E-state index in [1.807, 2.05) is 45.0 Å². The van der Waals surface area contributed by atoms with Gasteiger partial charge in [-0.05, 0) is 51.3 Å². The Kier molecular flexibility index (Phi) is 4.59. The van der Waals surface area contributed by atoms with E-state index >= 15 is 0 Å². The molecule has 0 spiro atoms. The molecule has 1 aromatic rings. The molecule has 0 unspecified atom stereocenters. The van der Waals surface area contributed by atoms with Crippen LogP contribution in [0.3, 0.4) is 0 Å². The Bertz CT molecular complexity index is 411. The molecule has 0 fully saturated rings. The van der Waals surface area contributed by atoms with Crippen molar-refractivity contribution < 1.29 is 9.90 Å². The Hall–Kier alpha value is -1.71. The van der Waals surface area contributed by atoms with E-state index in [1.165, 1.54) is 4.90 Å². The fourth-order valence-corrected chi connectivity index (χ4v) is 1.89. The highest BCUT2D eigenvalue weighted by Gasteiger charge is 2.20. The summed E-state index contributed by atoms with van der Waals surface area (Å²) in [5.74, 6) is 0. The van der Waals surface area contributed by atoms with Crippen LogP contribution in [0.1, 0.15) is 32.8 Å². The molecule has 100 valence electrons. The van der Waals surface area contributed by atoms with Crippen LogP contribution in [0.5, 0.6) is 0 Å². The molecule has 2 N–H and O–H groups in total. The molecule has 0 heterocycles. The lowest BCUT2D eigenvalue weighted by molar-refractivity contribution is -0.270. The largest absolute Gasteiger partial charge is 0.530 e. The number of benzene rings is 1. The van der Waals surface area contributed by atoms with Gasteiger partial charge in [0.05, 0.1) is 0 Å². The van der Waals surface area contributed by atoms with Gasteiger partial charge in [0.15, 0.2) is 0 Å². The van der Waals surface area contributed by atoms with Gasteiger partial charge >= 0.3 is 0 Å². The monoisotopic (exact) mass is 249 g/mol. The Morgan fingerprint density at radius 2 is 2.06 bits per heavy atom. The quantitative estimate of drug-likeness (QED) is 0.825. The van der Waals surface area contributed by atoms with Crippen LogP contribution in [0.15, 0.2) is 24.3 Å². The molecule has 18 heavy (non-hydrogen) atoms. The van der Waals surface area contributed by atoms with Crippen molar-refractivity contribution in [1.82, 2.24) is 4.90 Å². The lowest BCUT2D eigenvalue weighted by atomic mass is 10.0. The number of rotatable bonds is 4. The average Bonchev–Trinajstić information content (AvgIpc) is 2.22. The van der Waals surface area contributed by atoms with Crippen molar-refractivity contribution >= 4 is 11.8 Å². The van der Waals surface area contributed by atoms with E-state index in [1.54, 1.807) is 0 Å². The van der Waals surface area contributed by atoms with Crippen LogP contribution in [0.25, 0.3) is 0 Å². The van der Waals surface area contributed by atoms with Gasteiger partial charge in [-0.1, -0.05) is 12.1 Å². The van der Waals surface area contributed by atoms with E-state index in [2.05, 4.69) is 0 Å². The van der Waals surface area contributed by atoms with Crippen LogP contribution in [-0.2, 0) is 6.42 Å². The number of hydrogen-bond acceptors (Lipinski definition) is 3. The summed E-state index contributed by atoms with van der Waals surface area (Å²) in [7, 11) is 0. The van der Waals surface area contributed by atoms with Crippen molar-refractivity contribution in [2.24, 2.45) is 0 Å². The molecular weight excluding hydrogens is 228 g/mol. The van der Waals surface area contributed by atoms with E-state index in [4.69, 9.17) is 5.73 Å². The number of nitrogens with zero attached hydrogens (tertiary/aromatic N) is 1. The number of nitrogen functional groups attached to an aromatic ring is 1. The van der Waals surface area contributed by atoms with Crippen LogP contribution in [0.4, 0.5) is 10.5 Å². The normalized spacial score (nSPS) is 11.3. The minimum absolute atomic E-state index is 0.422. The van der Waals surface area contributed by atoms with Crippen LogP contribution in [-0.4, -0.2) is 23.1 Å². The van der Waals surface area contributed by atoms with Crippen LogP contribution in [0.2, 0.25) is 0 Å². The maximum Gasteiger partial charge on any atom is 0.137 e. The van der Waals surface area contributed by atoms with Gasteiger partial charge in [0, 0.05) is 17.8 Å². The number of carbonyl (C=O) groups is 1. The summed E-state index contributed by atoms with van der Waals surface area (Å²) in [4.78, 5) is 12.4. The van der Waals surface area contributed by atoms with E-state index in [-0.39, 0.29) is 0 Å². The number of amides is 1. The number of aryl methyl sites for hydroxylation is 1. The molecule has 1 aromatic carbocycles. The van der Waals surface area contributed by atoms with Gasteiger partial charge in [-0.3, -0.25) is 0 Å². The number of nitrogens with two attached hydrogens (primary N) is 1. The Labute approximate surface area is 108 Å². The molecule has 0 aromatic heterocycles. The molecule has 0 bridgehead atoms. The molecule has 0 aliphatic heterocycles. The molecule has 4 heteroatoms. The third-order valence-corrected chi connectivity index (χ3v) is 2.83. The second kappa shape index (κ2) is 5.76. The van der Waals surface area contributed by atoms with Gasteiger partial charge in [-0.15, -0.1) is 0 Å². The molecule has 0 atom stereocenters. The van der Waals surface area contributed by atoms with Gasteiger partial charge < -0.3 is 20.5 Å². The van der Waals surface area contributed by atoms with Crippen LogP contribution < -0.4 is 10.8 Å². The maximum atomic E-state index is 11.0. The third-order valence-electron chi connectivity index (χ3n) is 2.83. The van der Waals surface area contributed by atoms with E-state index in [0.29, 0.717) is 6.54 Å². The first kappa shape index (κ1) is 14.4. The van der Waals surface area contributed by atoms with E-state index in [9.17, 15) is 9.90 Å². The molecule has 1 amide bonds. The summed E-state index contributed by atoms with van der Waals surface area (Å²) in [5, 5.41) is 11.0. The molecule has 1 rings (SSSR count). The molecule has 0 radical (unpaired) electrons. The standard InChI is InChI=1S/C14H22N2O2/c1-14(2,3)16(13(17)18)9-5-7-11-6-4-8-12(15)10-11/h4,6,8,10H,5,7,9,15H2,1-3H3,(H,17,18)/p-1. The lowest BCUT2D eigenvalue weighted by Gasteiger charge is -2.38. The fourth-order valence-electron chi connectivity index (χ4n) is 1.89. The minimum Gasteiger partial charge on any atom is -0.530 e. The summed E-state index contributed by atoms with van der Waals surface area (Å²) < 4.78 is 0. The van der Waals surface area contributed by atoms with Gasteiger partial charge in [0.2, 0.25) is 0 Å². The highest BCUT2D eigenvalue weighted by Crippen LogP contribution is 2.15. The van der Waals surface area contributed by atoms with Crippen molar-refractivity contribution in [2.45, 2.75) is 39.2 Å². The summed E-state index contributed by atoms with van der Waals surface area (Å²) >= 11 is 0. The summed E-state index contributed by atoms with van der Waals surface area (Å²) in [6.07, 6.45) is 0.453. The van der Waals surface area contributed by atoms with Crippen molar-refractivity contribution in [3.8, 4) is 0 Å². The van der Waals surface area contributed by atoms with Gasteiger partial charge in [0.25, 0.3) is 0 Å². The Morgan fingerprint density at radius 1 is 1.39 bits per heavy atom. The summed E-state index contributed by atoms with van der Waals surface area (Å²) in [6, 6.07) is 7.66. The van der Waals surface area contributed by atoms with Crippen LogP contribution >= 0.6 is 0 Å². The van der Waals surface area contributed by atoms with E-state index < -0.39 is 11.6 Å². The molecule has 0 aliphatic carbocycles. The molecule has 0 saturated carbocycles. The Balaban J connectivity index is 2.52. The second-order valence-electron chi connectivity index (χ2n) is 5.44. The van der Waals surface area contributed by atoms with Gasteiger partial charge in [-0.25, -0.2) is 0 Å². The number of hydrogen-bond donors (Lipinski definition) is 1. The molecule has 0 saturated heterocycles. The summed E-state index contributed by atoms with van der Waals surface area (Å²) in [6.45, 7) is 6.07. The van der Waals surface area contributed by atoms with Crippen molar-refractivity contribution in [3.05, 3.63) is 29.8 Å². The maximum absolute atomic E-state index is 11.0. The first-order valence-electron chi connectivity index (χ1n) is 6.14. The number of anilines is 1. The van der Waals surface area contributed by atoms with Crippen molar-refractivity contribution in [1.29, 1.82) is 0 Å². The minimum atomic E-state index is -1.12. The fraction of sp³-hybridized carbons (Fsp3) is 0.500. The molecule has 4 nitrogen and oxygen atoms in total. The van der Waals surface area contributed by atoms with Crippen LogP contribution in [0, 0.1) is 0 Å². The first-order valence-corrected chi connectivity index (χ1v) is 6.14. The zero-order valence-electron chi connectivity index (χ0n) is 11.3.